The number of rotatable bonds is 8. The van der Waals surface area contributed by atoms with Crippen LogP contribution in [0.3, 0.4) is 0 Å². The smallest absolute Gasteiger partial charge is 0.186 e. The molecule has 25 heavy (non-hydrogen) atoms. The van der Waals surface area contributed by atoms with Crippen LogP contribution in [0.4, 0.5) is 0 Å². The maximum atomic E-state index is 5.33. The number of nitrogens with zero attached hydrogens (tertiary/aromatic N) is 2. The van der Waals surface area contributed by atoms with Crippen LogP contribution in [-0.2, 0) is 4.74 Å². The SMILES string of the molecule is COc1ccc(/C=N\NC(=S)NCCCN2CCOCC2)c(OC)c1. The average Bonchev–Trinajstić information content (AvgIpc) is 2.66. The first kappa shape index (κ1) is 19.4. The van der Waals surface area contributed by atoms with E-state index in [0.717, 1.165) is 57.1 Å². The van der Waals surface area contributed by atoms with E-state index in [-0.39, 0.29) is 0 Å². The Bertz CT molecular complexity index is 577. The molecule has 0 aliphatic carbocycles. The standard InChI is InChI=1S/C17H26N4O3S/c1-22-15-5-4-14(16(12-15)23-2)13-19-20-17(25)18-6-3-7-21-8-10-24-11-9-21/h4-5,12-13H,3,6-11H2,1-2H3,(H2,18,20,25)/b19-13-. The van der Waals surface area contributed by atoms with Gasteiger partial charge in [-0.25, -0.2) is 0 Å². The van der Waals surface area contributed by atoms with Crippen LogP contribution >= 0.6 is 12.2 Å². The highest BCUT2D eigenvalue weighted by Crippen LogP contribution is 2.22. The van der Waals surface area contributed by atoms with Gasteiger partial charge in [0, 0.05) is 31.3 Å². The van der Waals surface area contributed by atoms with Gasteiger partial charge in [-0.1, -0.05) is 0 Å². The first-order valence-electron chi connectivity index (χ1n) is 8.32. The van der Waals surface area contributed by atoms with Crippen molar-refractivity contribution >= 4 is 23.5 Å². The van der Waals surface area contributed by atoms with E-state index in [1.54, 1.807) is 20.4 Å². The average molecular weight is 366 g/mol. The van der Waals surface area contributed by atoms with E-state index in [1.807, 2.05) is 18.2 Å². The van der Waals surface area contributed by atoms with E-state index in [4.69, 9.17) is 26.4 Å². The predicted molar refractivity (Wildman–Crippen MR) is 103 cm³/mol. The molecule has 1 saturated heterocycles. The first-order chi connectivity index (χ1) is 12.2. The second-order valence-electron chi connectivity index (χ2n) is 5.54. The Morgan fingerprint density at radius 3 is 2.84 bits per heavy atom. The van der Waals surface area contributed by atoms with E-state index >= 15 is 0 Å². The lowest BCUT2D eigenvalue weighted by Crippen LogP contribution is -2.39. The summed E-state index contributed by atoms with van der Waals surface area (Å²) in [6.07, 6.45) is 2.69. The van der Waals surface area contributed by atoms with Crippen molar-refractivity contribution in [2.75, 3.05) is 53.6 Å². The summed E-state index contributed by atoms with van der Waals surface area (Å²) in [5.74, 6) is 1.42. The molecule has 2 rings (SSSR count). The Hall–Kier alpha value is -1.90. The lowest BCUT2D eigenvalue weighted by atomic mass is 10.2. The zero-order valence-corrected chi connectivity index (χ0v) is 15.6. The van der Waals surface area contributed by atoms with Gasteiger partial charge in [-0.3, -0.25) is 10.3 Å². The number of morpholine rings is 1. The topological polar surface area (TPSA) is 67.4 Å². The molecule has 8 heteroatoms. The van der Waals surface area contributed by atoms with E-state index < -0.39 is 0 Å². The molecule has 2 N–H and O–H groups in total. The highest BCUT2D eigenvalue weighted by molar-refractivity contribution is 7.80. The van der Waals surface area contributed by atoms with Crippen molar-refractivity contribution in [2.24, 2.45) is 5.10 Å². The molecular weight excluding hydrogens is 340 g/mol. The van der Waals surface area contributed by atoms with Gasteiger partial charge in [0.15, 0.2) is 5.11 Å². The molecule has 1 aromatic rings. The zero-order chi connectivity index (χ0) is 17.9. The van der Waals surface area contributed by atoms with E-state index in [2.05, 4.69) is 20.7 Å². The molecule has 1 fully saturated rings. The van der Waals surface area contributed by atoms with Crippen molar-refractivity contribution in [1.29, 1.82) is 0 Å². The number of hydrazone groups is 1. The summed E-state index contributed by atoms with van der Waals surface area (Å²) in [4.78, 5) is 2.40. The highest BCUT2D eigenvalue weighted by atomic mass is 32.1. The summed E-state index contributed by atoms with van der Waals surface area (Å²) >= 11 is 5.22. The largest absolute Gasteiger partial charge is 0.497 e. The van der Waals surface area contributed by atoms with E-state index in [9.17, 15) is 0 Å². The van der Waals surface area contributed by atoms with Crippen molar-refractivity contribution in [3.63, 3.8) is 0 Å². The second-order valence-corrected chi connectivity index (χ2v) is 5.95. The number of hydrogen-bond acceptors (Lipinski definition) is 6. The highest BCUT2D eigenvalue weighted by Gasteiger charge is 2.09. The van der Waals surface area contributed by atoms with Crippen LogP contribution in [0, 0.1) is 0 Å². The number of methoxy groups -OCH3 is 2. The van der Waals surface area contributed by atoms with Crippen molar-refractivity contribution in [3.05, 3.63) is 23.8 Å². The Kier molecular flexibility index (Phi) is 8.44. The summed E-state index contributed by atoms with van der Waals surface area (Å²) < 4.78 is 15.8. The second kappa shape index (κ2) is 10.9. The monoisotopic (exact) mass is 366 g/mol. The third-order valence-electron chi connectivity index (χ3n) is 3.85. The molecule has 1 aliphatic rings. The summed E-state index contributed by atoms with van der Waals surface area (Å²) in [5, 5.41) is 7.81. The van der Waals surface area contributed by atoms with Crippen LogP contribution in [0.2, 0.25) is 0 Å². The Labute approximate surface area is 154 Å². The number of thiocarbonyl (C=S) groups is 1. The van der Waals surface area contributed by atoms with Crippen molar-refractivity contribution in [3.8, 4) is 11.5 Å². The molecule has 1 aromatic carbocycles. The minimum Gasteiger partial charge on any atom is -0.497 e. The van der Waals surface area contributed by atoms with Gasteiger partial charge in [0.05, 0.1) is 33.6 Å². The fraction of sp³-hybridized carbons (Fsp3) is 0.529. The Morgan fingerprint density at radius 1 is 1.32 bits per heavy atom. The Morgan fingerprint density at radius 2 is 2.12 bits per heavy atom. The summed E-state index contributed by atoms with van der Waals surface area (Å²) in [7, 11) is 3.23. The molecule has 0 amide bonds. The van der Waals surface area contributed by atoms with Gasteiger partial charge in [0.1, 0.15) is 11.5 Å². The quantitative estimate of drug-likeness (QED) is 0.310. The zero-order valence-electron chi connectivity index (χ0n) is 14.8. The van der Waals surface area contributed by atoms with Gasteiger partial charge in [0.25, 0.3) is 0 Å². The number of ether oxygens (including phenoxy) is 3. The normalized spacial score (nSPS) is 15.1. The molecule has 0 spiro atoms. The van der Waals surface area contributed by atoms with Gasteiger partial charge in [-0.05, 0) is 37.3 Å². The molecule has 0 saturated carbocycles. The fourth-order valence-electron chi connectivity index (χ4n) is 2.45. The Balaban J connectivity index is 1.67. The van der Waals surface area contributed by atoms with Crippen LogP contribution in [0.25, 0.3) is 0 Å². The van der Waals surface area contributed by atoms with Gasteiger partial charge < -0.3 is 19.5 Å². The molecule has 0 atom stereocenters. The summed E-state index contributed by atoms with van der Waals surface area (Å²) in [5.41, 5.74) is 3.66. The van der Waals surface area contributed by atoms with E-state index in [0.29, 0.717) is 10.9 Å². The number of hydrogen-bond donors (Lipinski definition) is 2. The van der Waals surface area contributed by atoms with Gasteiger partial charge in [-0.2, -0.15) is 5.10 Å². The molecule has 1 aliphatic heterocycles. The number of benzene rings is 1. The van der Waals surface area contributed by atoms with Gasteiger partial charge in [-0.15, -0.1) is 0 Å². The van der Waals surface area contributed by atoms with Crippen molar-refractivity contribution in [2.45, 2.75) is 6.42 Å². The van der Waals surface area contributed by atoms with Crippen molar-refractivity contribution in [1.82, 2.24) is 15.6 Å². The molecular formula is C17H26N4O3S. The molecule has 0 unspecified atom stereocenters. The van der Waals surface area contributed by atoms with Crippen LogP contribution in [0.1, 0.15) is 12.0 Å². The van der Waals surface area contributed by atoms with Crippen LogP contribution < -0.4 is 20.2 Å². The maximum Gasteiger partial charge on any atom is 0.186 e. The van der Waals surface area contributed by atoms with Gasteiger partial charge >= 0.3 is 0 Å². The van der Waals surface area contributed by atoms with Crippen LogP contribution in [0.15, 0.2) is 23.3 Å². The lowest BCUT2D eigenvalue weighted by molar-refractivity contribution is 0.0376. The fourth-order valence-corrected chi connectivity index (χ4v) is 2.61. The minimum absolute atomic E-state index is 0.505. The minimum atomic E-state index is 0.505. The molecule has 0 bridgehead atoms. The van der Waals surface area contributed by atoms with Crippen LogP contribution in [-0.4, -0.2) is 69.8 Å². The lowest BCUT2D eigenvalue weighted by Gasteiger charge is -2.26. The van der Waals surface area contributed by atoms with Crippen LogP contribution in [0.5, 0.6) is 11.5 Å². The third-order valence-corrected chi connectivity index (χ3v) is 4.09. The summed E-state index contributed by atoms with van der Waals surface area (Å²) in [6.45, 7) is 5.54. The third kappa shape index (κ3) is 6.85. The molecule has 0 radical (unpaired) electrons. The van der Waals surface area contributed by atoms with Crippen molar-refractivity contribution < 1.29 is 14.2 Å². The molecule has 138 valence electrons. The maximum absolute atomic E-state index is 5.33. The van der Waals surface area contributed by atoms with E-state index in [1.165, 1.54) is 0 Å². The predicted octanol–water partition coefficient (Wildman–Crippen LogP) is 1.22. The first-order valence-corrected chi connectivity index (χ1v) is 8.73. The number of nitrogens with one attached hydrogen (secondary N) is 2. The van der Waals surface area contributed by atoms with Gasteiger partial charge in [0.2, 0.25) is 0 Å². The molecule has 0 aromatic heterocycles. The molecule has 7 nitrogen and oxygen atoms in total. The summed E-state index contributed by atoms with van der Waals surface area (Å²) in [6, 6.07) is 5.54. The molecule has 1 heterocycles.